The van der Waals surface area contributed by atoms with E-state index in [4.69, 9.17) is 0 Å². The molecule has 18 heavy (non-hydrogen) atoms. The lowest BCUT2D eigenvalue weighted by molar-refractivity contribution is 0.0979. The smallest absolute Gasteiger partial charge is 0.234 e. The fourth-order valence-corrected chi connectivity index (χ4v) is 2.23. The Labute approximate surface area is 103 Å². The molecule has 3 heteroatoms. The fraction of sp³-hybridized carbons (Fsp3) is 0. The maximum atomic E-state index is 12.3. The predicted molar refractivity (Wildman–Crippen MR) is 64.5 cm³/mol. The standard InChI is InChI=1S/C15H7O3/c16-8-9-4-3-7-12-13(9)15(18)11-6-2-1-5-10(11)14(12)17/h1-7H. The molecule has 0 bridgehead atoms. The quantitative estimate of drug-likeness (QED) is 0.647. The van der Waals surface area contributed by atoms with Gasteiger partial charge in [0.2, 0.25) is 6.29 Å². The lowest BCUT2D eigenvalue weighted by atomic mass is 9.82. The average Bonchev–Trinajstić information content (AvgIpc) is 2.44. The molecule has 0 spiro atoms. The SMILES string of the molecule is O=[C]c1cccc2c1C(=O)c1ccccc1C2=O. The molecule has 0 N–H and O–H groups in total. The van der Waals surface area contributed by atoms with Crippen molar-refractivity contribution in [1.29, 1.82) is 0 Å². The number of carbonyl (C=O) groups is 2. The van der Waals surface area contributed by atoms with Gasteiger partial charge in [0.1, 0.15) is 0 Å². The first-order valence-corrected chi connectivity index (χ1v) is 5.43. The summed E-state index contributed by atoms with van der Waals surface area (Å²) in [6.45, 7) is 0. The Hall–Kier alpha value is -2.55. The van der Waals surface area contributed by atoms with Gasteiger partial charge in [-0.3, -0.25) is 14.4 Å². The molecule has 85 valence electrons. The molecule has 1 aliphatic rings. The lowest BCUT2D eigenvalue weighted by Gasteiger charge is -2.17. The van der Waals surface area contributed by atoms with Crippen LogP contribution < -0.4 is 0 Å². The molecule has 3 rings (SSSR count). The van der Waals surface area contributed by atoms with Crippen molar-refractivity contribution >= 4 is 17.9 Å². The van der Waals surface area contributed by atoms with Crippen LogP contribution in [0.2, 0.25) is 0 Å². The van der Waals surface area contributed by atoms with Crippen molar-refractivity contribution < 1.29 is 14.4 Å². The van der Waals surface area contributed by atoms with Gasteiger partial charge in [0.25, 0.3) is 0 Å². The summed E-state index contributed by atoms with van der Waals surface area (Å²) in [6.07, 6.45) is 1.71. The highest BCUT2D eigenvalue weighted by atomic mass is 16.1. The molecule has 0 aromatic heterocycles. The normalized spacial score (nSPS) is 12.9. The molecule has 1 aliphatic carbocycles. The molecule has 0 heterocycles. The fourth-order valence-electron chi connectivity index (χ4n) is 2.23. The second kappa shape index (κ2) is 3.74. The molecule has 1 radical (unpaired) electrons. The zero-order valence-corrected chi connectivity index (χ0v) is 9.27. The number of rotatable bonds is 1. The Balaban J connectivity index is 2.37. The van der Waals surface area contributed by atoms with E-state index in [9.17, 15) is 14.4 Å². The molecule has 0 atom stereocenters. The van der Waals surface area contributed by atoms with Crippen molar-refractivity contribution in [3.63, 3.8) is 0 Å². The van der Waals surface area contributed by atoms with Crippen molar-refractivity contribution in [2.45, 2.75) is 0 Å². The topological polar surface area (TPSA) is 51.2 Å². The van der Waals surface area contributed by atoms with Crippen LogP contribution in [-0.2, 0) is 4.79 Å². The molecule has 0 aliphatic heterocycles. The summed E-state index contributed by atoms with van der Waals surface area (Å²) in [7, 11) is 0. The molecule has 3 nitrogen and oxygen atoms in total. The number of benzene rings is 2. The first kappa shape index (κ1) is 10.6. The minimum atomic E-state index is -0.292. The number of fused-ring (bicyclic) bond motifs is 2. The maximum Gasteiger partial charge on any atom is 0.234 e. The van der Waals surface area contributed by atoms with Crippen LogP contribution in [-0.4, -0.2) is 17.9 Å². The van der Waals surface area contributed by atoms with Gasteiger partial charge in [-0.1, -0.05) is 42.5 Å². The zero-order valence-electron chi connectivity index (χ0n) is 9.27. The van der Waals surface area contributed by atoms with Crippen LogP contribution in [0.1, 0.15) is 37.4 Å². The van der Waals surface area contributed by atoms with Gasteiger partial charge in [-0.25, -0.2) is 0 Å². The van der Waals surface area contributed by atoms with Gasteiger partial charge in [0.15, 0.2) is 11.6 Å². The summed E-state index contributed by atoms with van der Waals surface area (Å²) in [6, 6.07) is 11.3. The van der Waals surface area contributed by atoms with Gasteiger partial charge in [-0.05, 0) is 0 Å². The lowest BCUT2D eigenvalue weighted by Crippen LogP contribution is -2.22. The van der Waals surface area contributed by atoms with Crippen LogP contribution in [0, 0.1) is 0 Å². The first-order valence-electron chi connectivity index (χ1n) is 5.43. The molecule has 0 unspecified atom stereocenters. The van der Waals surface area contributed by atoms with E-state index in [2.05, 4.69) is 0 Å². The molecular weight excluding hydrogens is 228 g/mol. The Morgan fingerprint density at radius 1 is 0.722 bits per heavy atom. The second-order valence-electron chi connectivity index (χ2n) is 4.03. The van der Waals surface area contributed by atoms with E-state index in [1.807, 2.05) is 0 Å². The summed E-state index contributed by atoms with van der Waals surface area (Å²) in [5, 5.41) is 0. The Morgan fingerprint density at radius 3 is 2.00 bits per heavy atom. The number of hydrogen-bond donors (Lipinski definition) is 0. The number of carbonyl (C=O) groups excluding carboxylic acids is 3. The van der Waals surface area contributed by atoms with Crippen molar-refractivity contribution in [2.75, 3.05) is 0 Å². The maximum absolute atomic E-state index is 12.3. The van der Waals surface area contributed by atoms with Crippen molar-refractivity contribution in [3.05, 3.63) is 70.3 Å². The molecule has 0 saturated heterocycles. The average molecular weight is 235 g/mol. The van der Waals surface area contributed by atoms with Crippen LogP contribution >= 0.6 is 0 Å². The third-order valence-corrected chi connectivity index (χ3v) is 3.06. The van der Waals surface area contributed by atoms with E-state index in [1.54, 1.807) is 42.7 Å². The van der Waals surface area contributed by atoms with Crippen molar-refractivity contribution in [2.24, 2.45) is 0 Å². The summed E-state index contributed by atoms with van der Waals surface area (Å²) in [5.41, 5.74) is 1.31. The van der Waals surface area contributed by atoms with E-state index < -0.39 is 0 Å². The summed E-state index contributed by atoms with van der Waals surface area (Å²) in [5.74, 6) is -0.517. The highest BCUT2D eigenvalue weighted by Crippen LogP contribution is 2.28. The van der Waals surface area contributed by atoms with E-state index in [-0.39, 0.29) is 28.3 Å². The third kappa shape index (κ3) is 1.27. The van der Waals surface area contributed by atoms with Crippen LogP contribution in [0.5, 0.6) is 0 Å². The van der Waals surface area contributed by atoms with Gasteiger partial charge < -0.3 is 0 Å². The Morgan fingerprint density at radius 2 is 1.33 bits per heavy atom. The predicted octanol–water partition coefficient (Wildman–Crippen LogP) is 1.92. The number of hydrogen-bond acceptors (Lipinski definition) is 3. The van der Waals surface area contributed by atoms with Crippen LogP contribution in [0.4, 0.5) is 0 Å². The minimum Gasteiger partial charge on any atom is -0.289 e. The van der Waals surface area contributed by atoms with Gasteiger partial charge in [-0.2, -0.15) is 0 Å². The molecular formula is C15H7O3. The summed E-state index contributed by atoms with van der Waals surface area (Å²) >= 11 is 0. The highest BCUT2D eigenvalue weighted by Gasteiger charge is 2.30. The van der Waals surface area contributed by atoms with Gasteiger partial charge in [-0.15, -0.1) is 0 Å². The molecule has 0 amide bonds. The van der Waals surface area contributed by atoms with Crippen molar-refractivity contribution in [1.82, 2.24) is 0 Å². The Kier molecular flexibility index (Phi) is 2.20. The second-order valence-corrected chi connectivity index (χ2v) is 4.03. The van der Waals surface area contributed by atoms with E-state index >= 15 is 0 Å². The van der Waals surface area contributed by atoms with Gasteiger partial charge in [0.05, 0.1) is 0 Å². The van der Waals surface area contributed by atoms with Crippen molar-refractivity contribution in [3.8, 4) is 0 Å². The van der Waals surface area contributed by atoms with Crippen LogP contribution in [0.25, 0.3) is 0 Å². The zero-order chi connectivity index (χ0) is 12.7. The van der Waals surface area contributed by atoms with E-state index in [1.165, 1.54) is 6.07 Å². The molecule has 2 aromatic rings. The monoisotopic (exact) mass is 235 g/mol. The summed E-state index contributed by atoms with van der Waals surface area (Å²) in [4.78, 5) is 35.4. The summed E-state index contributed by atoms with van der Waals surface area (Å²) < 4.78 is 0. The molecule has 0 saturated carbocycles. The van der Waals surface area contributed by atoms with Crippen LogP contribution in [0.15, 0.2) is 42.5 Å². The first-order chi connectivity index (χ1) is 8.74. The van der Waals surface area contributed by atoms with Gasteiger partial charge in [0, 0.05) is 27.8 Å². The van der Waals surface area contributed by atoms with Crippen LogP contribution in [0.3, 0.4) is 0 Å². The molecule has 0 fully saturated rings. The third-order valence-electron chi connectivity index (χ3n) is 3.06. The minimum absolute atomic E-state index is 0.139. The van der Waals surface area contributed by atoms with E-state index in [0.29, 0.717) is 11.1 Å². The highest BCUT2D eigenvalue weighted by molar-refractivity contribution is 6.30. The van der Waals surface area contributed by atoms with Gasteiger partial charge >= 0.3 is 0 Å². The molecule has 2 aromatic carbocycles. The number of ketones is 2. The Bertz CT molecular complexity index is 699. The largest absolute Gasteiger partial charge is 0.289 e. The van der Waals surface area contributed by atoms with E-state index in [0.717, 1.165) is 0 Å².